The van der Waals surface area contributed by atoms with Gasteiger partial charge in [0.2, 0.25) is 0 Å². The van der Waals surface area contributed by atoms with Crippen LogP contribution in [0.3, 0.4) is 0 Å². The summed E-state index contributed by atoms with van der Waals surface area (Å²) in [5, 5.41) is 6.73. The monoisotopic (exact) mass is 366 g/mol. The first-order valence-electron chi connectivity index (χ1n) is 7.60. The molecule has 0 unspecified atom stereocenters. The van der Waals surface area contributed by atoms with Gasteiger partial charge in [0.1, 0.15) is 11.3 Å². The molecule has 0 aliphatic heterocycles. The minimum atomic E-state index is -0.648. The average Bonchev–Trinajstić information content (AvgIpc) is 2.95. The molecule has 8 heteroatoms. The van der Waals surface area contributed by atoms with Crippen LogP contribution in [0.1, 0.15) is 41.6 Å². The van der Waals surface area contributed by atoms with Crippen LogP contribution in [0.15, 0.2) is 22.7 Å². The molecule has 2 rings (SSSR count). The summed E-state index contributed by atoms with van der Waals surface area (Å²) >= 11 is 5.99. The third-order valence-electron chi connectivity index (χ3n) is 3.39. The van der Waals surface area contributed by atoms with Crippen LogP contribution < -0.4 is 10.1 Å². The Kier molecular flexibility index (Phi) is 6.03. The summed E-state index contributed by atoms with van der Waals surface area (Å²) in [6.45, 7) is 4.95. The number of nitrogens with zero attached hydrogens (tertiary/aromatic N) is 1. The quantitative estimate of drug-likeness (QED) is 0.786. The number of aromatic nitrogens is 1. The minimum absolute atomic E-state index is 0.0287. The molecule has 0 fully saturated rings. The fourth-order valence-electron chi connectivity index (χ4n) is 2.17. The third kappa shape index (κ3) is 4.51. The maximum absolute atomic E-state index is 12.2. The van der Waals surface area contributed by atoms with Crippen LogP contribution in [0.25, 0.3) is 0 Å². The third-order valence-corrected chi connectivity index (χ3v) is 3.68. The Morgan fingerprint density at radius 2 is 2.08 bits per heavy atom. The molecular formula is C17H19ClN2O5. The van der Waals surface area contributed by atoms with Crippen LogP contribution in [0.5, 0.6) is 5.75 Å². The van der Waals surface area contributed by atoms with E-state index in [1.807, 2.05) is 13.8 Å². The van der Waals surface area contributed by atoms with E-state index in [0.717, 1.165) is 0 Å². The van der Waals surface area contributed by atoms with Crippen molar-refractivity contribution in [3.63, 3.8) is 0 Å². The van der Waals surface area contributed by atoms with Crippen molar-refractivity contribution in [2.24, 2.45) is 0 Å². The smallest absolute Gasteiger partial charge is 0.344 e. The second kappa shape index (κ2) is 8.02. The van der Waals surface area contributed by atoms with Crippen LogP contribution in [0, 0.1) is 6.92 Å². The van der Waals surface area contributed by atoms with Gasteiger partial charge in [-0.2, -0.15) is 0 Å². The molecule has 0 aliphatic rings. The minimum Gasteiger partial charge on any atom is -0.495 e. The van der Waals surface area contributed by atoms with Crippen LogP contribution >= 0.6 is 11.6 Å². The number of carbonyl (C=O) groups is 2. The number of methoxy groups -OCH3 is 1. The number of halogens is 1. The van der Waals surface area contributed by atoms with Crippen LogP contribution in [0.4, 0.5) is 5.69 Å². The molecule has 1 N–H and O–H groups in total. The summed E-state index contributed by atoms with van der Waals surface area (Å²) in [6.07, 6.45) is 0. The molecule has 1 aromatic heterocycles. The van der Waals surface area contributed by atoms with E-state index in [1.165, 1.54) is 7.11 Å². The van der Waals surface area contributed by atoms with Gasteiger partial charge in [0, 0.05) is 11.6 Å². The molecule has 0 bridgehead atoms. The van der Waals surface area contributed by atoms with E-state index >= 15 is 0 Å². The zero-order chi connectivity index (χ0) is 18.6. The number of ether oxygens (including phenoxy) is 2. The summed E-state index contributed by atoms with van der Waals surface area (Å²) in [7, 11) is 1.50. The molecule has 7 nitrogen and oxygen atoms in total. The van der Waals surface area contributed by atoms with Gasteiger partial charge in [-0.05, 0) is 25.1 Å². The lowest BCUT2D eigenvalue weighted by Crippen LogP contribution is -2.21. The van der Waals surface area contributed by atoms with Gasteiger partial charge in [0.25, 0.3) is 5.91 Å². The highest BCUT2D eigenvalue weighted by atomic mass is 35.5. The Hall–Kier alpha value is -2.54. The van der Waals surface area contributed by atoms with Gasteiger partial charge in [-0.3, -0.25) is 4.79 Å². The van der Waals surface area contributed by atoms with Crippen LogP contribution in [0.2, 0.25) is 5.02 Å². The number of esters is 1. The first-order chi connectivity index (χ1) is 11.8. The van der Waals surface area contributed by atoms with E-state index in [0.29, 0.717) is 27.9 Å². The number of nitrogens with one attached hydrogen (secondary N) is 1. The Balaban J connectivity index is 1.97. The highest BCUT2D eigenvalue weighted by molar-refractivity contribution is 6.32. The number of benzene rings is 1. The van der Waals surface area contributed by atoms with Crippen molar-refractivity contribution in [2.45, 2.75) is 26.7 Å². The summed E-state index contributed by atoms with van der Waals surface area (Å²) in [6, 6.07) is 4.80. The fraction of sp³-hybridized carbons (Fsp3) is 0.353. The van der Waals surface area contributed by atoms with Crippen molar-refractivity contribution in [1.82, 2.24) is 5.16 Å². The van der Waals surface area contributed by atoms with Gasteiger partial charge in [0.05, 0.1) is 17.8 Å². The largest absolute Gasteiger partial charge is 0.495 e. The van der Waals surface area contributed by atoms with E-state index in [-0.39, 0.29) is 11.5 Å². The first-order valence-corrected chi connectivity index (χ1v) is 7.98. The van der Waals surface area contributed by atoms with Crippen molar-refractivity contribution in [3.05, 3.63) is 40.2 Å². The molecule has 0 saturated heterocycles. The second-order valence-corrected chi connectivity index (χ2v) is 6.04. The standard InChI is InChI=1S/C17H19ClN2O5/c1-9(2)16-15(10(3)20-25-16)17(22)24-8-14(21)19-11-5-6-13(23-4)12(18)7-11/h5-7,9H,8H2,1-4H3,(H,19,21). The SMILES string of the molecule is COc1ccc(NC(=O)COC(=O)c2c(C)noc2C(C)C)cc1Cl. The Labute approximate surface area is 150 Å². The molecule has 1 amide bonds. The highest BCUT2D eigenvalue weighted by Crippen LogP contribution is 2.27. The van der Waals surface area contributed by atoms with E-state index in [1.54, 1.807) is 25.1 Å². The molecule has 1 heterocycles. The van der Waals surface area contributed by atoms with Crippen molar-refractivity contribution in [2.75, 3.05) is 19.0 Å². The van der Waals surface area contributed by atoms with Gasteiger partial charge in [-0.15, -0.1) is 0 Å². The van der Waals surface area contributed by atoms with E-state index in [9.17, 15) is 9.59 Å². The van der Waals surface area contributed by atoms with Crippen molar-refractivity contribution in [1.29, 1.82) is 0 Å². The molecule has 0 saturated carbocycles. The molecule has 0 aliphatic carbocycles. The number of amides is 1. The topological polar surface area (TPSA) is 90.7 Å². The lowest BCUT2D eigenvalue weighted by atomic mass is 10.1. The van der Waals surface area contributed by atoms with E-state index in [2.05, 4.69) is 10.5 Å². The molecule has 134 valence electrons. The Morgan fingerprint density at radius 1 is 1.36 bits per heavy atom. The first kappa shape index (κ1) is 18.8. The zero-order valence-electron chi connectivity index (χ0n) is 14.4. The number of hydrogen-bond donors (Lipinski definition) is 1. The number of aryl methyl sites for hydroxylation is 1. The second-order valence-electron chi connectivity index (χ2n) is 5.64. The van der Waals surface area contributed by atoms with Crippen LogP contribution in [-0.4, -0.2) is 30.7 Å². The summed E-state index contributed by atoms with van der Waals surface area (Å²) in [5.41, 5.74) is 1.15. The normalized spacial score (nSPS) is 10.6. The predicted molar refractivity (Wildman–Crippen MR) is 92.2 cm³/mol. The maximum Gasteiger partial charge on any atom is 0.344 e. The van der Waals surface area contributed by atoms with Gasteiger partial charge >= 0.3 is 5.97 Å². The van der Waals surface area contributed by atoms with Crippen molar-refractivity contribution >= 4 is 29.2 Å². The van der Waals surface area contributed by atoms with Crippen molar-refractivity contribution in [3.8, 4) is 5.75 Å². The summed E-state index contributed by atoms with van der Waals surface area (Å²) < 4.78 is 15.2. The number of carbonyl (C=O) groups excluding carboxylic acids is 2. The summed E-state index contributed by atoms with van der Waals surface area (Å²) in [4.78, 5) is 24.2. The highest BCUT2D eigenvalue weighted by Gasteiger charge is 2.24. The van der Waals surface area contributed by atoms with Gasteiger partial charge in [-0.25, -0.2) is 4.79 Å². The van der Waals surface area contributed by atoms with Crippen LogP contribution in [-0.2, 0) is 9.53 Å². The molecular weight excluding hydrogens is 348 g/mol. The van der Waals surface area contributed by atoms with Gasteiger partial charge in [-0.1, -0.05) is 30.6 Å². The lowest BCUT2D eigenvalue weighted by Gasteiger charge is -2.09. The number of anilines is 1. The molecule has 2 aromatic rings. The zero-order valence-corrected chi connectivity index (χ0v) is 15.1. The fourth-order valence-corrected chi connectivity index (χ4v) is 2.43. The van der Waals surface area contributed by atoms with Gasteiger partial charge < -0.3 is 19.3 Å². The predicted octanol–water partition coefficient (Wildman–Crippen LogP) is 3.56. The van der Waals surface area contributed by atoms with Gasteiger partial charge in [0.15, 0.2) is 12.4 Å². The Morgan fingerprint density at radius 3 is 2.68 bits per heavy atom. The average molecular weight is 367 g/mol. The summed E-state index contributed by atoms with van der Waals surface area (Å²) in [5.74, 6) is -0.237. The molecule has 0 spiro atoms. The maximum atomic E-state index is 12.2. The Bertz CT molecular complexity index is 785. The molecule has 0 atom stereocenters. The van der Waals surface area contributed by atoms with E-state index in [4.69, 9.17) is 25.6 Å². The molecule has 0 radical (unpaired) electrons. The molecule has 25 heavy (non-hydrogen) atoms. The molecule has 1 aromatic carbocycles. The number of hydrogen-bond acceptors (Lipinski definition) is 6. The van der Waals surface area contributed by atoms with Crippen molar-refractivity contribution < 1.29 is 23.6 Å². The number of rotatable bonds is 6. The lowest BCUT2D eigenvalue weighted by molar-refractivity contribution is -0.119. The van der Waals surface area contributed by atoms with E-state index < -0.39 is 18.5 Å².